The van der Waals surface area contributed by atoms with Crippen molar-refractivity contribution in [2.75, 3.05) is 17.2 Å². The first-order chi connectivity index (χ1) is 16.0. The maximum absolute atomic E-state index is 12.9. The van der Waals surface area contributed by atoms with Crippen LogP contribution < -0.4 is 21.9 Å². The number of benzene rings is 1. The molecule has 3 N–H and O–H groups in total. The Bertz CT molecular complexity index is 1220. The fraction of sp³-hybridized carbons (Fsp3) is 0.417. The van der Waals surface area contributed by atoms with Crippen molar-refractivity contribution >= 4 is 11.5 Å². The molecule has 0 saturated carbocycles. The summed E-state index contributed by atoms with van der Waals surface area (Å²) in [5, 5.41) is 3.97. The fourth-order valence-electron chi connectivity index (χ4n) is 4.15. The molecule has 2 aromatic heterocycles. The fourth-order valence-corrected chi connectivity index (χ4v) is 4.15. The zero-order valence-corrected chi connectivity index (χ0v) is 18.9. The molecule has 0 bridgehead atoms. The van der Waals surface area contributed by atoms with Crippen molar-refractivity contribution in [3.8, 4) is 0 Å². The molecule has 174 valence electrons. The number of aromatic nitrogens is 4. The number of aryl methyl sites for hydroxylation is 1. The molecule has 0 saturated heterocycles. The highest BCUT2D eigenvalue weighted by Gasteiger charge is 2.22. The first kappa shape index (κ1) is 22.6. The standard InChI is InChI=1S/C24H30N6O3/c1-2-19-26-20(33-28-19)16-29(14-13-17-9-5-3-6-10-17)21-22(25)30(24(32)27-23(21)31)15-18-11-7-4-8-12-18/h4,7-9,11-12H,2-3,5-6,10,13-16,25H2,1H3,(H,27,31,32). The van der Waals surface area contributed by atoms with Crippen LogP contribution in [0.1, 0.15) is 56.3 Å². The lowest BCUT2D eigenvalue weighted by molar-refractivity contribution is 0.371. The van der Waals surface area contributed by atoms with Crippen LogP contribution in [-0.2, 0) is 19.5 Å². The Hall–Kier alpha value is -3.62. The van der Waals surface area contributed by atoms with Crippen LogP contribution in [0.15, 0.2) is 56.1 Å². The number of anilines is 2. The van der Waals surface area contributed by atoms with Crippen molar-refractivity contribution in [1.82, 2.24) is 19.7 Å². The molecule has 33 heavy (non-hydrogen) atoms. The number of aromatic amines is 1. The van der Waals surface area contributed by atoms with Gasteiger partial charge in [0.2, 0.25) is 5.89 Å². The molecule has 0 radical (unpaired) electrons. The summed E-state index contributed by atoms with van der Waals surface area (Å²) in [4.78, 5) is 34.2. The zero-order valence-electron chi connectivity index (χ0n) is 18.9. The molecule has 0 fully saturated rings. The zero-order chi connectivity index (χ0) is 23.2. The molecule has 3 aromatic rings. The number of nitrogens with one attached hydrogen (secondary N) is 1. The van der Waals surface area contributed by atoms with E-state index >= 15 is 0 Å². The summed E-state index contributed by atoms with van der Waals surface area (Å²) in [6, 6.07) is 9.52. The molecule has 0 atom stereocenters. The van der Waals surface area contributed by atoms with Gasteiger partial charge in [0.05, 0.1) is 13.1 Å². The molecular formula is C24H30N6O3. The van der Waals surface area contributed by atoms with E-state index in [-0.39, 0.29) is 24.6 Å². The van der Waals surface area contributed by atoms with Gasteiger partial charge in [-0.05, 0) is 37.7 Å². The maximum atomic E-state index is 12.9. The van der Waals surface area contributed by atoms with Gasteiger partial charge >= 0.3 is 5.69 Å². The van der Waals surface area contributed by atoms with Crippen LogP contribution in [0.25, 0.3) is 0 Å². The number of nitrogens with two attached hydrogens (primary N) is 1. The summed E-state index contributed by atoms with van der Waals surface area (Å²) in [6.07, 6.45) is 8.28. The number of nitrogens with zero attached hydrogens (tertiary/aromatic N) is 4. The lowest BCUT2D eigenvalue weighted by Crippen LogP contribution is -2.39. The highest BCUT2D eigenvalue weighted by molar-refractivity contribution is 5.62. The summed E-state index contributed by atoms with van der Waals surface area (Å²) in [5.41, 5.74) is 7.92. The van der Waals surface area contributed by atoms with E-state index in [4.69, 9.17) is 10.3 Å². The van der Waals surface area contributed by atoms with E-state index < -0.39 is 11.2 Å². The Morgan fingerprint density at radius 3 is 2.73 bits per heavy atom. The highest BCUT2D eigenvalue weighted by atomic mass is 16.5. The smallest absolute Gasteiger partial charge is 0.330 e. The van der Waals surface area contributed by atoms with Gasteiger partial charge in [-0.1, -0.05) is 54.1 Å². The van der Waals surface area contributed by atoms with E-state index in [1.807, 2.05) is 42.2 Å². The van der Waals surface area contributed by atoms with E-state index in [1.54, 1.807) is 0 Å². The quantitative estimate of drug-likeness (QED) is 0.480. The molecule has 0 amide bonds. The normalized spacial score (nSPS) is 13.7. The number of allylic oxidation sites excluding steroid dienone is 1. The van der Waals surface area contributed by atoms with Crippen LogP contribution in [-0.4, -0.2) is 26.2 Å². The Labute approximate surface area is 191 Å². The first-order valence-electron chi connectivity index (χ1n) is 11.5. The predicted octanol–water partition coefficient (Wildman–Crippen LogP) is 3.01. The van der Waals surface area contributed by atoms with Crippen LogP contribution in [0, 0.1) is 0 Å². The third-order valence-electron chi connectivity index (χ3n) is 5.95. The minimum Gasteiger partial charge on any atom is -0.383 e. The minimum atomic E-state index is -0.536. The Morgan fingerprint density at radius 1 is 1.21 bits per heavy atom. The molecule has 2 heterocycles. The van der Waals surface area contributed by atoms with Gasteiger partial charge in [0.25, 0.3) is 5.56 Å². The van der Waals surface area contributed by atoms with E-state index in [0.29, 0.717) is 24.7 Å². The third kappa shape index (κ3) is 5.42. The summed E-state index contributed by atoms with van der Waals surface area (Å²) < 4.78 is 6.78. The van der Waals surface area contributed by atoms with Gasteiger partial charge in [0.1, 0.15) is 11.5 Å². The second kappa shape index (κ2) is 10.3. The van der Waals surface area contributed by atoms with Gasteiger partial charge in [-0.25, -0.2) is 4.79 Å². The first-order valence-corrected chi connectivity index (χ1v) is 11.5. The number of hydrogen-bond acceptors (Lipinski definition) is 7. The summed E-state index contributed by atoms with van der Waals surface area (Å²) in [7, 11) is 0. The van der Waals surface area contributed by atoms with Crippen molar-refractivity contribution in [2.45, 2.75) is 58.5 Å². The summed E-state index contributed by atoms with van der Waals surface area (Å²) >= 11 is 0. The van der Waals surface area contributed by atoms with Gasteiger partial charge in [-0.3, -0.25) is 14.3 Å². The van der Waals surface area contributed by atoms with Gasteiger partial charge in [0, 0.05) is 13.0 Å². The van der Waals surface area contributed by atoms with Crippen molar-refractivity contribution in [2.24, 2.45) is 0 Å². The summed E-state index contributed by atoms with van der Waals surface area (Å²) in [5.74, 6) is 1.14. The molecule has 1 aliphatic carbocycles. The van der Waals surface area contributed by atoms with E-state index in [0.717, 1.165) is 24.8 Å². The van der Waals surface area contributed by atoms with E-state index in [9.17, 15) is 9.59 Å². The lowest BCUT2D eigenvalue weighted by Gasteiger charge is -2.26. The van der Waals surface area contributed by atoms with Crippen molar-refractivity contribution < 1.29 is 4.52 Å². The molecule has 4 rings (SSSR count). The molecule has 0 unspecified atom stereocenters. The van der Waals surface area contributed by atoms with Crippen molar-refractivity contribution in [3.05, 3.63) is 80.1 Å². The Morgan fingerprint density at radius 2 is 2.03 bits per heavy atom. The number of H-pyrrole nitrogens is 1. The number of hydrogen-bond donors (Lipinski definition) is 2. The van der Waals surface area contributed by atoms with Gasteiger partial charge in [-0.15, -0.1) is 0 Å². The van der Waals surface area contributed by atoms with Crippen LogP contribution in [0.5, 0.6) is 0 Å². The second-order valence-corrected chi connectivity index (χ2v) is 8.30. The van der Waals surface area contributed by atoms with Gasteiger partial charge in [-0.2, -0.15) is 4.98 Å². The van der Waals surface area contributed by atoms with Crippen molar-refractivity contribution in [1.29, 1.82) is 0 Å². The Kier molecular flexibility index (Phi) is 7.07. The predicted molar refractivity (Wildman–Crippen MR) is 127 cm³/mol. The monoisotopic (exact) mass is 450 g/mol. The van der Waals surface area contributed by atoms with E-state index in [1.165, 1.54) is 23.0 Å². The van der Waals surface area contributed by atoms with Crippen LogP contribution in [0.4, 0.5) is 11.5 Å². The Balaban J connectivity index is 1.69. The van der Waals surface area contributed by atoms with Gasteiger partial charge in [0.15, 0.2) is 5.82 Å². The molecule has 0 aliphatic heterocycles. The van der Waals surface area contributed by atoms with Crippen molar-refractivity contribution in [3.63, 3.8) is 0 Å². The van der Waals surface area contributed by atoms with Crippen LogP contribution in [0.2, 0.25) is 0 Å². The molecule has 1 aliphatic rings. The van der Waals surface area contributed by atoms with Crippen LogP contribution in [0.3, 0.4) is 0 Å². The molecular weight excluding hydrogens is 420 g/mol. The highest BCUT2D eigenvalue weighted by Crippen LogP contribution is 2.24. The average molecular weight is 451 g/mol. The minimum absolute atomic E-state index is 0.125. The molecule has 1 aromatic carbocycles. The second-order valence-electron chi connectivity index (χ2n) is 8.30. The lowest BCUT2D eigenvalue weighted by atomic mass is 9.97. The maximum Gasteiger partial charge on any atom is 0.330 e. The molecule has 0 spiro atoms. The van der Waals surface area contributed by atoms with Gasteiger partial charge < -0.3 is 15.2 Å². The average Bonchev–Trinajstić information content (AvgIpc) is 3.29. The van der Waals surface area contributed by atoms with Crippen LogP contribution >= 0.6 is 0 Å². The van der Waals surface area contributed by atoms with E-state index in [2.05, 4.69) is 21.2 Å². The topological polar surface area (TPSA) is 123 Å². The number of nitrogen functional groups attached to an aromatic ring is 1. The summed E-state index contributed by atoms with van der Waals surface area (Å²) in [6.45, 7) is 2.99. The SMILES string of the molecule is CCc1noc(CN(CCC2=CCCCC2)c2c(N)n(Cc3ccccc3)c(=O)[nH]c2=O)n1. The largest absolute Gasteiger partial charge is 0.383 e. The third-order valence-corrected chi connectivity index (χ3v) is 5.95. The molecule has 9 nitrogen and oxygen atoms in total. The number of rotatable bonds is 9. The molecule has 9 heteroatoms.